The maximum absolute atomic E-state index is 11.5. The highest BCUT2D eigenvalue weighted by molar-refractivity contribution is 7.89. The Hall–Kier alpha value is -0.740. The number of morpholine rings is 1. The lowest BCUT2D eigenvalue weighted by Gasteiger charge is -2.26. The van der Waals surface area contributed by atoms with E-state index in [-0.39, 0.29) is 6.54 Å². The largest absolute Gasteiger partial charge is 0.480 e. The average Bonchev–Trinajstić information content (AvgIpc) is 2.29. The van der Waals surface area contributed by atoms with Crippen molar-refractivity contribution in [2.75, 3.05) is 45.1 Å². The third kappa shape index (κ3) is 5.74. The minimum atomic E-state index is -3.64. The fourth-order valence-corrected chi connectivity index (χ4v) is 2.69. The first-order valence-corrected chi connectivity index (χ1v) is 7.32. The van der Waals surface area contributed by atoms with E-state index < -0.39 is 27.8 Å². The van der Waals surface area contributed by atoms with E-state index in [1.54, 1.807) is 0 Å². The second-order valence-corrected chi connectivity index (χ2v) is 5.93. The Labute approximate surface area is 106 Å². The van der Waals surface area contributed by atoms with Gasteiger partial charge in [-0.05, 0) is 0 Å². The summed E-state index contributed by atoms with van der Waals surface area (Å²) in [6.07, 6.45) is 0. The van der Waals surface area contributed by atoms with Crippen molar-refractivity contribution in [3.63, 3.8) is 0 Å². The SMILES string of the molecule is NC(CS(=O)(=O)NCCN1CCOCC1)C(=O)O. The predicted molar refractivity (Wildman–Crippen MR) is 64.7 cm³/mol. The molecule has 1 atom stereocenters. The highest BCUT2D eigenvalue weighted by atomic mass is 32.2. The number of rotatable bonds is 7. The van der Waals surface area contributed by atoms with Crippen molar-refractivity contribution in [3.8, 4) is 0 Å². The van der Waals surface area contributed by atoms with Crippen molar-refractivity contribution in [1.29, 1.82) is 0 Å². The Morgan fingerprint density at radius 1 is 1.44 bits per heavy atom. The van der Waals surface area contributed by atoms with E-state index in [0.29, 0.717) is 19.8 Å². The van der Waals surface area contributed by atoms with Gasteiger partial charge in [0.25, 0.3) is 0 Å². The molecule has 1 rings (SSSR count). The van der Waals surface area contributed by atoms with Crippen molar-refractivity contribution in [3.05, 3.63) is 0 Å². The minimum absolute atomic E-state index is 0.245. The molecule has 0 saturated carbocycles. The van der Waals surface area contributed by atoms with E-state index in [1.807, 2.05) is 0 Å². The third-order valence-corrected chi connectivity index (χ3v) is 4.01. The van der Waals surface area contributed by atoms with Gasteiger partial charge >= 0.3 is 5.97 Å². The van der Waals surface area contributed by atoms with Crippen molar-refractivity contribution < 1.29 is 23.1 Å². The second kappa shape index (κ2) is 7.00. The second-order valence-electron chi connectivity index (χ2n) is 4.07. The topological polar surface area (TPSA) is 122 Å². The highest BCUT2D eigenvalue weighted by Gasteiger charge is 2.21. The summed E-state index contributed by atoms with van der Waals surface area (Å²) < 4.78 is 30.5. The van der Waals surface area contributed by atoms with Gasteiger partial charge in [0.2, 0.25) is 10.0 Å². The Bertz CT molecular complexity index is 366. The van der Waals surface area contributed by atoms with Crippen LogP contribution in [0.1, 0.15) is 0 Å². The summed E-state index contributed by atoms with van der Waals surface area (Å²) in [6, 6.07) is -1.40. The number of nitrogens with one attached hydrogen (secondary N) is 1. The number of ether oxygens (including phenoxy) is 1. The van der Waals surface area contributed by atoms with Gasteiger partial charge in [-0.2, -0.15) is 0 Å². The minimum Gasteiger partial charge on any atom is -0.480 e. The van der Waals surface area contributed by atoms with E-state index >= 15 is 0 Å². The first kappa shape index (κ1) is 15.3. The lowest BCUT2D eigenvalue weighted by molar-refractivity contribution is -0.137. The fourth-order valence-electron chi connectivity index (χ4n) is 1.55. The number of nitrogens with zero attached hydrogens (tertiary/aromatic N) is 1. The van der Waals surface area contributed by atoms with Crippen LogP contribution in [0, 0.1) is 0 Å². The van der Waals surface area contributed by atoms with E-state index in [0.717, 1.165) is 13.1 Å². The molecule has 0 aromatic heterocycles. The van der Waals surface area contributed by atoms with Gasteiger partial charge < -0.3 is 15.6 Å². The molecule has 0 aliphatic carbocycles. The van der Waals surface area contributed by atoms with Crippen molar-refractivity contribution in [2.45, 2.75) is 6.04 Å². The van der Waals surface area contributed by atoms with Crippen LogP contribution in [0.15, 0.2) is 0 Å². The number of carboxylic acid groups (broad SMARTS) is 1. The van der Waals surface area contributed by atoms with E-state index in [4.69, 9.17) is 15.6 Å². The van der Waals surface area contributed by atoms with Crippen LogP contribution in [0.25, 0.3) is 0 Å². The summed E-state index contributed by atoms with van der Waals surface area (Å²) in [7, 11) is -3.64. The smallest absolute Gasteiger partial charge is 0.321 e. The highest BCUT2D eigenvalue weighted by Crippen LogP contribution is 1.96. The van der Waals surface area contributed by atoms with Crippen LogP contribution in [0.3, 0.4) is 0 Å². The molecule has 1 aliphatic heterocycles. The number of hydrogen-bond donors (Lipinski definition) is 3. The van der Waals surface area contributed by atoms with Gasteiger partial charge in [-0.1, -0.05) is 0 Å². The molecule has 18 heavy (non-hydrogen) atoms. The zero-order chi connectivity index (χ0) is 13.6. The number of carboxylic acids is 1. The van der Waals surface area contributed by atoms with Gasteiger partial charge in [0, 0.05) is 26.2 Å². The van der Waals surface area contributed by atoms with E-state index in [2.05, 4.69) is 9.62 Å². The van der Waals surface area contributed by atoms with Crippen molar-refractivity contribution >= 4 is 16.0 Å². The molecular formula is C9H19N3O5S. The Kier molecular flexibility index (Phi) is 5.96. The van der Waals surface area contributed by atoms with Crippen molar-refractivity contribution in [1.82, 2.24) is 9.62 Å². The molecule has 1 unspecified atom stereocenters. The lowest BCUT2D eigenvalue weighted by atomic mass is 10.4. The summed E-state index contributed by atoms with van der Waals surface area (Å²) in [5.41, 5.74) is 5.17. The van der Waals surface area contributed by atoms with Gasteiger partial charge in [-0.25, -0.2) is 13.1 Å². The van der Waals surface area contributed by atoms with Gasteiger partial charge in [0.05, 0.1) is 19.0 Å². The van der Waals surface area contributed by atoms with Gasteiger partial charge in [-0.3, -0.25) is 9.69 Å². The molecule has 1 fully saturated rings. The fraction of sp³-hybridized carbons (Fsp3) is 0.889. The van der Waals surface area contributed by atoms with Crippen LogP contribution < -0.4 is 10.5 Å². The first-order chi connectivity index (χ1) is 8.41. The summed E-state index contributed by atoms with van der Waals surface area (Å²) >= 11 is 0. The van der Waals surface area contributed by atoms with Crippen LogP contribution >= 0.6 is 0 Å². The molecule has 106 valence electrons. The van der Waals surface area contributed by atoms with E-state index in [9.17, 15) is 13.2 Å². The quantitative estimate of drug-likeness (QED) is 0.477. The monoisotopic (exact) mass is 281 g/mol. The summed E-state index contributed by atoms with van der Waals surface area (Å²) in [5.74, 6) is -1.93. The normalized spacial score (nSPS) is 19.6. The van der Waals surface area contributed by atoms with Crippen LogP contribution in [-0.2, 0) is 19.6 Å². The van der Waals surface area contributed by atoms with Gasteiger partial charge in [0.15, 0.2) is 0 Å². The molecule has 0 amide bonds. The average molecular weight is 281 g/mol. The van der Waals surface area contributed by atoms with Gasteiger partial charge in [-0.15, -0.1) is 0 Å². The predicted octanol–water partition coefficient (Wildman–Crippen LogP) is -2.35. The molecule has 0 bridgehead atoms. The lowest BCUT2D eigenvalue weighted by Crippen LogP contribution is -2.45. The molecule has 0 aromatic carbocycles. The molecule has 0 radical (unpaired) electrons. The summed E-state index contributed by atoms with van der Waals surface area (Å²) in [5, 5.41) is 8.54. The molecule has 0 spiro atoms. The number of carbonyl (C=O) groups is 1. The first-order valence-electron chi connectivity index (χ1n) is 5.66. The molecule has 1 heterocycles. The summed E-state index contributed by atoms with van der Waals surface area (Å²) in [4.78, 5) is 12.5. The molecule has 1 aliphatic rings. The Balaban J connectivity index is 2.26. The third-order valence-electron chi connectivity index (χ3n) is 2.57. The number of nitrogens with two attached hydrogens (primary N) is 1. The molecule has 9 heteroatoms. The standard InChI is InChI=1S/C9H19N3O5S/c10-8(9(13)14)7-18(15,16)11-1-2-12-3-5-17-6-4-12/h8,11H,1-7,10H2,(H,13,14). The summed E-state index contributed by atoms with van der Waals surface area (Å²) in [6.45, 7) is 3.67. The van der Waals surface area contributed by atoms with Gasteiger partial charge in [0.1, 0.15) is 6.04 Å². The molecule has 0 aromatic rings. The number of sulfonamides is 1. The van der Waals surface area contributed by atoms with Crippen LogP contribution in [0.5, 0.6) is 0 Å². The molecular weight excluding hydrogens is 262 g/mol. The molecule has 8 nitrogen and oxygen atoms in total. The van der Waals surface area contributed by atoms with Crippen LogP contribution in [0.2, 0.25) is 0 Å². The van der Waals surface area contributed by atoms with Crippen molar-refractivity contribution in [2.24, 2.45) is 5.73 Å². The van der Waals surface area contributed by atoms with Crippen LogP contribution in [0.4, 0.5) is 0 Å². The zero-order valence-electron chi connectivity index (χ0n) is 10.0. The number of aliphatic carboxylic acids is 1. The Morgan fingerprint density at radius 2 is 2.06 bits per heavy atom. The molecule has 1 saturated heterocycles. The number of hydrogen-bond acceptors (Lipinski definition) is 6. The maximum Gasteiger partial charge on any atom is 0.321 e. The van der Waals surface area contributed by atoms with Crippen LogP contribution in [-0.4, -0.2) is 75.6 Å². The molecule has 4 N–H and O–H groups in total. The van der Waals surface area contributed by atoms with E-state index in [1.165, 1.54) is 0 Å². The maximum atomic E-state index is 11.5. The zero-order valence-corrected chi connectivity index (χ0v) is 10.9. The Morgan fingerprint density at radius 3 is 2.61 bits per heavy atom.